The van der Waals surface area contributed by atoms with Crippen molar-refractivity contribution in [3.63, 3.8) is 0 Å². The third kappa shape index (κ3) is 3.59. The second-order valence-corrected chi connectivity index (χ2v) is 5.98. The predicted octanol–water partition coefficient (Wildman–Crippen LogP) is 0.525. The molecule has 0 bridgehead atoms. The van der Waals surface area contributed by atoms with E-state index in [9.17, 15) is 13.2 Å². The standard InChI is InChI=1S/C12H14N2O3S/c15-12(8-13-10-4-2-1-3-5-10)14-11-6-7-18(16,17)9-11/h1-7,11,13H,8-9H2,(H,14,15). The van der Waals surface area contributed by atoms with Gasteiger partial charge >= 0.3 is 0 Å². The van der Waals surface area contributed by atoms with E-state index in [1.807, 2.05) is 30.3 Å². The van der Waals surface area contributed by atoms with E-state index >= 15 is 0 Å². The van der Waals surface area contributed by atoms with Crippen LogP contribution in [0.2, 0.25) is 0 Å². The fourth-order valence-corrected chi connectivity index (χ4v) is 2.90. The summed E-state index contributed by atoms with van der Waals surface area (Å²) in [5, 5.41) is 6.73. The molecule has 6 heteroatoms. The number of rotatable bonds is 4. The first-order valence-electron chi connectivity index (χ1n) is 5.54. The van der Waals surface area contributed by atoms with Crippen molar-refractivity contribution < 1.29 is 13.2 Å². The Morgan fingerprint density at radius 2 is 2.00 bits per heavy atom. The highest BCUT2D eigenvalue weighted by molar-refractivity contribution is 7.94. The van der Waals surface area contributed by atoms with Crippen LogP contribution in [0.5, 0.6) is 0 Å². The molecule has 1 aliphatic rings. The molecule has 2 N–H and O–H groups in total. The van der Waals surface area contributed by atoms with Gasteiger partial charge in [-0.25, -0.2) is 8.42 Å². The minimum Gasteiger partial charge on any atom is -0.376 e. The van der Waals surface area contributed by atoms with Gasteiger partial charge in [0.1, 0.15) is 0 Å². The Balaban J connectivity index is 1.79. The van der Waals surface area contributed by atoms with Crippen molar-refractivity contribution >= 4 is 21.4 Å². The molecule has 0 radical (unpaired) electrons. The van der Waals surface area contributed by atoms with Crippen molar-refractivity contribution in [2.45, 2.75) is 6.04 Å². The Morgan fingerprint density at radius 3 is 2.61 bits per heavy atom. The quantitative estimate of drug-likeness (QED) is 0.833. The van der Waals surface area contributed by atoms with E-state index in [1.165, 1.54) is 6.08 Å². The lowest BCUT2D eigenvalue weighted by molar-refractivity contribution is -0.119. The van der Waals surface area contributed by atoms with E-state index < -0.39 is 15.9 Å². The summed E-state index contributed by atoms with van der Waals surface area (Å²) < 4.78 is 22.3. The number of hydrogen-bond acceptors (Lipinski definition) is 4. The van der Waals surface area contributed by atoms with Gasteiger partial charge in [-0.15, -0.1) is 0 Å². The molecule has 0 saturated carbocycles. The molecule has 1 aromatic carbocycles. The lowest BCUT2D eigenvalue weighted by Gasteiger charge is -2.11. The van der Waals surface area contributed by atoms with Gasteiger partial charge in [-0.05, 0) is 18.2 Å². The Hall–Kier alpha value is -1.82. The van der Waals surface area contributed by atoms with Crippen molar-refractivity contribution in [3.8, 4) is 0 Å². The maximum atomic E-state index is 11.6. The van der Waals surface area contributed by atoms with Crippen LogP contribution in [-0.2, 0) is 14.6 Å². The molecule has 1 amide bonds. The van der Waals surface area contributed by atoms with Crippen LogP contribution < -0.4 is 10.6 Å². The van der Waals surface area contributed by atoms with E-state index in [-0.39, 0.29) is 18.2 Å². The molecule has 1 aliphatic heterocycles. The third-order valence-corrected chi connectivity index (χ3v) is 3.90. The Labute approximate surface area is 106 Å². The summed E-state index contributed by atoms with van der Waals surface area (Å²) in [7, 11) is -3.12. The van der Waals surface area contributed by atoms with Crippen LogP contribution in [0.25, 0.3) is 0 Å². The molecule has 0 saturated heterocycles. The number of nitrogens with one attached hydrogen (secondary N) is 2. The van der Waals surface area contributed by atoms with Crippen LogP contribution >= 0.6 is 0 Å². The molecule has 0 aliphatic carbocycles. The second-order valence-electron chi connectivity index (χ2n) is 4.05. The van der Waals surface area contributed by atoms with Crippen molar-refractivity contribution in [2.75, 3.05) is 17.6 Å². The van der Waals surface area contributed by atoms with Gasteiger partial charge in [0.05, 0.1) is 18.3 Å². The average Bonchev–Trinajstić information content (AvgIpc) is 2.67. The predicted molar refractivity (Wildman–Crippen MR) is 69.8 cm³/mol. The van der Waals surface area contributed by atoms with Gasteiger partial charge in [-0.2, -0.15) is 0 Å². The normalized spacial score (nSPS) is 20.6. The molecule has 1 aromatic rings. The summed E-state index contributed by atoms with van der Waals surface area (Å²) >= 11 is 0. The summed E-state index contributed by atoms with van der Waals surface area (Å²) in [5.74, 6) is -0.282. The van der Waals surface area contributed by atoms with Crippen molar-refractivity contribution in [3.05, 3.63) is 41.8 Å². The first-order chi connectivity index (χ1) is 8.55. The minimum atomic E-state index is -3.12. The Kier molecular flexibility index (Phi) is 3.66. The number of carbonyl (C=O) groups excluding carboxylic acids is 1. The zero-order valence-electron chi connectivity index (χ0n) is 9.67. The van der Waals surface area contributed by atoms with Crippen LogP contribution in [0.1, 0.15) is 0 Å². The zero-order chi connectivity index (χ0) is 13.0. The number of amides is 1. The minimum absolute atomic E-state index is 0.0515. The second kappa shape index (κ2) is 5.22. The van der Waals surface area contributed by atoms with Gasteiger partial charge in [0, 0.05) is 11.1 Å². The average molecular weight is 266 g/mol. The molecular weight excluding hydrogens is 252 g/mol. The molecule has 5 nitrogen and oxygen atoms in total. The maximum absolute atomic E-state index is 11.6. The lowest BCUT2D eigenvalue weighted by Crippen LogP contribution is -2.38. The Morgan fingerprint density at radius 1 is 1.28 bits per heavy atom. The number of benzene rings is 1. The highest BCUT2D eigenvalue weighted by atomic mass is 32.2. The Bertz CT molecular complexity index is 552. The molecule has 0 fully saturated rings. The fourth-order valence-electron chi connectivity index (χ4n) is 1.66. The molecule has 1 unspecified atom stereocenters. The van der Waals surface area contributed by atoms with Gasteiger partial charge in [-0.3, -0.25) is 4.79 Å². The molecule has 1 atom stereocenters. The van der Waals surface area contributed by atoms with Crippen LogP contribution in [0.15, 0.2) is 41.8 Å². The van der Waals surface area contributed by atoms with Gasteiger partial charge < -0.3 is 10.6 Å². The van der Waals surface area contributed by atoms with Gasteiger partial charge in [0.15, 0.2) is 9.84 Å². The number of para-hydroxylation sites is 1. The highest BCUT2D eigenvalue weighted by Crippen LogP contribution is 2.08. The molecule has 1 heterocycles. The van der Waals surface area contributed by atoms with Gasteiger partial charge in [0.2, 0.25) is 5.91 Å². The fraction of sp³-hybridized carbons (Fsp3) is 0.250. The van der Waals surface area contributed by atoms with Crippen LogP contribution in [0, 0.1) is 0 Å². The number of hydrogen-bond donors (Lipinski definition) is 2. The largest absolute Gasteiger partial charge is 0.376 e. The van der Waals surface area contributed by atoms with E-state index in [0.717, 1.165) is 11.1 Å². The van der Waals surface area contributed by atoms with Crippen molar-refractivity contribution in [2.24, 2.45) is 0 Å². The van der Waals surface area contributed by atoms with Crippen molar-refractivity contribution in [1.29, 1.82) is 0 Å². The number of carbonyl (C=O) groups is 1. The number of sulfone groups is 1. The first kappa shape index (κ1) is 12.6. The van der Waals surface area contributed by atoms with Crippen molar-refractivity contribution in [1.82, 2.24) is 5.32 Å². The number of anilines is 1. The molecule has 18 heavy (non-hydrogen) atoms. The molecule has 0 spiro atoms. The SMILES string of the molecule is O=C(CNc1ccccc1)NC1C=CS(=O)(=O)C1. The summed E-state index contributed by atoms with van der Waals surface area (Å²) in [6.45, 7) is 0.119. The zero-order valence-corrected chi connectivity index (χ0v) is 10.5. The van der Waals surface area contributed by atoms with Crippen LogP contribution in [0.4, 0.5) is 5.69 Å². The van der Waals surface area contributed by atoms with Crippen LogP contribution in [-0.4, -0.2) is 32.7 Å². The summed E-state index contributed by atoms with van der Waals surface area (Å²) in [6, 6.07) is 8.92. The molecule has 2 rings (SSSR count). The third-order valence-electron chi connectivity index (χ3n) is 2.50. The van der Waals surface area contributed by atoms with E-state index in [2.05, 4.69) is 10.6 Å². The molecule has 0 aromatic heterocycles. The van der Waals surface area contributed by atoms with E-state index in [0.29, 0.717) is 0 Å². The highest BCUT2D eigenvalue weighted by Gasteiger charge is 2.22. The van der Waals surface area contributed by atoms with E-state index in [1.54, 1.807) is 0 Å². The van der Waals surface area contributed by atoms with E-state index in [4.69, 9.17) is 0 Å². The smallest absolute Gasteiger partial charge is 0.239 e. The lowest BCUT2D eigenvalue weighted by atomic mass is 10.3. The summed E-state index contributed by atoms with van der Waals surface area (Å²) in [6.07, 6.45) is 1.50. The molecule has 96 valence electrons. The van der Waals surface area contributed by atoms with Crippen LogP contribution in [0.3, 0.4) is 0 Å². The summed E-state index contributed by atoms with van der Waals surface area (Å²) in [5.41, 5.74) is 0.849. The molecular formula is C12H14N2O3S. The van der Waals surface area contributed by atoms with Gasteiger partial charge in [-0.1, -0.05) is 18.2 Å². The monoisotopic (exact) mass is 266 g/mol. The van der Waals surface area contributed by atoms with Gasteiger partial charge in [0.25, 0.3) is 0 Å². The topological polar surface area (TPSA) is 75.3 Å². The maximum Gasteiger partial charge on any atom is 0.239 e. The summed E-state index contributed by atoms with van der Waals surface area (Å²) in [4.78, 5) is 11.6. The first-order valence-corrected chi connectivity index (χ1v) is 7.26.